The molecule has 2 amide bonds. The van der Waals surface area contributed by atoms with Gasteiger partial charge in [-0.15, -0.1) is 0 Å². The van der Waals surface area contributed by atoms with Crippen LogP contribution in [0.15, 0.2) is 18.5 Å². The van der Waals surface area contributed by atoms with E-state index in [0.29, 0.717) is 22.3 Å². The van der Waals surface area contributed by atoms with Crippen molar-refractivity contribution >= 4 is 56.4 Å². The van der Waals surface area contributed by atoms with Crippen LogP contribution in [0.5, 0.6) is 5.88 Å². The van der Waals surface area contributed by atoms with Crippen molar-refractivity contribution in [2.24, 2.45) is 0 Å². The Morgan fingerprint density at radius 2 is 2.04 bits per heavy atom. The summed E-state index contributed by atoms with van der Waals surface area (Å²) in [5.74, 6) is 0.293. The van der Waals surface area contributed by atoms with Crippen molar-refractivity contribution in [3.05, 3.63) is 28.5 Å². The monoisotopic (exact) mass is 392 g/mol. The number of halogens is 1. The van der Waals surface area contributed by atoms with Crippen LogP contribution in [0.1, 0.15) is 5.01 Å². The smallest absolute Gasteiger partial charge is 0.323 e. The number of amides is 2. The summed E-state index contributed by atoms with van der Waals surface area (Å²) in [7, 11) is 5.25. The van der Waals surface area contributed by atoms with Gasteiger partial charge in [0.15, 0.2) is 0 Å². The number of rotatable bonds is 4. The minimum Gasteiger partial charge on any atom is -0.480 e. The zero-order valence-corrected chi connectivity index (χ0v) is 16.2. The molecule has 0 spiro atoms. The SMILES string of the molecule is COc1ncc(NC(=O)Nc2cnc3sc(C)nc3c2N(C)C)cc1Cl. The number of hydrogen-bond acceptors (Lipinski definition) is 7. The molecule has 0 saturated carbocycles. The van der Waals surface area contributed by atoms with Gasteiger partial charge in [-0.2, -0.15) is 0 Å². The molecule has 10 heteroatoms. The molecule has 136 valence electrons. The summed E-state index contributed by atoms with van der Waals surface area (Å²) >= 11 is 7.53. The van der Waals surface area contributed by atoms with Gasteiger partial charge in [0.1, 0.15) is 15.4 Å². The number of anilines is 3. The number of aromatic nitrogens is 3. The van der Waals surface area contributed by atoms with E-state index in [1.165, 1.54) is 24.6 Å². The fourth-order valence-electron chi connectivity index (χ4n) is 2.44. The van der Waals surface area contributed by atoms with Crippen LogP contribution in [0.3, 0.4) is 0 Å². The van der Waals surface area contributed by atoms with Gasteiger partial charge in [-0.25, -0.2) is 19.7 Å². The number of ether oxygens (including phenoxy) is 1. The van der Waals surface area contributed by atoms with Crippen molar-refractivity contribution in [2.45, 2.75) is 6.92 Å². The predicted molar refractivity (Wildman–Crippen MR) is 105 cm³/mol. The number of pyridine rings is 2. The average Bonchev–Trinajstić information content (AvgIpc) is 2.94. The standard InChI is InChI=1S/C16H17ClN6O2S/c1-8-20-12-13(23(2)3)11(7-19-15(12)26-8)22-16(24)21-9-5-10(17)14(25-4)18-6-9/h5-7H,1-4H3,(H2,21,22,24). The van der Waals surface area contributed by atoms with E-state index in [0.717, 1.165) is 21.0 Å². The fraction of sp³-hybridized carbons (Fsp3) is 0.250. The number of methoxy groups -OCH3 is 1. The number of fused-ring (bicyclic) bond motifs is 1. The summed E-state index contributed by atoms with van der Waals surface area (Å²) < 4.78 is 4.99. The topological polar surface area (TPSA) is 92.3 Å². The van der Waals surface area contributed by atoms with Crippen LogP contribution >= 0.6 is 22.9 Å². The molecule has 2 N–H and O–H groups in total. The quantitative estimate of drug-likeness (QED) is 0.702. The number of urea groups is 1. The zero-order valence-electron chi connectivity index (χ0n) is 14.6. The molecule has 3 aromatic rings. The molecule has 0 bridgehead atoms. The van der Waals surface area contributed by atoms with E-state index < -0.39 is 6.03 Å². The van der Waals surface area contributed by atoms with E-state index in [4.69, 9.17) is 16.3 Å². The molecule has 3 aromatic heterocycles. The molecule has 0 aliphatic heterocycles. The van der Waals surface area contributed by atoms with E-state index >= 15 is 0 Å². The first-order chi connectivity index (χ1) is 12.4. The fourth-order valence-corrected chi connectivity index (χ4v) is 3.45. The van der Waals surface area contributed by atoms with Crippen LogP contribution in [-0.2, 0) is 0 Å². The summed E-state index contributed by atoms with van der Waals surface area (Å²) in [6.07, 6.45) is 3.08. The van der Waals surface area contributed by atoms with Crippen LogP contribution < -0.4 is 20.3 Å². The third-order valence-electron chi connectivity index (χ3n) is 3.46. The first-order valence-corrected chi connectivity index (χ1v) is 8.79. The minimum absolute atomic E-state index is 0.293. The Balaban J connectivity index is 1.85. The molecule has 0 saturated heterocycles. The number of carbonyl (C=O) groups is 1. The molecule has 3 rings (SSSR count). The van der Waals surface area contributed by atoms with Gasteiger partial charge in [-0.1, -0.05) is 22.9 Å². The van der Waals surface area contributed by atoms with Crippen LogP contribution in [0.25, 0.3) is 10.3 Å². The number of carbonyl (C=O) groups excluding carboxylic acids is 1. The summed E-state index contributed by atoms with van der Waals surface area (Å²) in [5.41, 5.74) is 2.54. The van der Waals surface area contributed by atoms with Crippen molar-refractivity contribution in [3.63, 3.8) is 0 Å². The van der Waals surface area contributed by atoms with Crippen molar-refractivity contribution < 1.29 is 9.53 Å². The van der Waals surface area contributed by atoms with Gasteiger partial charge >= 0.3 is 6.03 Å². The van der Waals surface area contributed by atoms with Crippen molar-refractivity contribution in [3.8, 4) is 5.88 Å². The lowest BCUT2D eigenvalue weighted by Gasteiger charge is -2.18. The number of nitrogens with zero attached hydrogens (tertiary/aromatic N) is 4. The third kappa shape index (κ3) is 3.63. The lowest BCUT2D eigenvalue weighted by molar-refractivity contribution is 0.262. The van der Waals surface area contributed by atoms with Crippen LogP contribution in [-0.4, -0.2) is 42.2 Å². The first kappa shape index (κ1) is 18.2. The van der Waals surface area contributed by atoms with Crippen molar-refractivity contribution in [1.82, 2.24) is 15.0 Å². The predicted octanol–water partition coefficient (Wildman–Crippen LogP) is 3.77. The third-order valence-corrected chi connectivity index (χ3v) is 4.61. The van der Waals surface area contributed by atoms with Gasteiger partial charge in [0.05, 0.1) is 41.6 Å². The van der Waals surface area contributed by atoms with E-state index in [1.807, 2.05) is 25.9 Å². The molecule has 0 atom stereocenters. The molecule has 26 heavy (non-hydrogen) atoms. The Kier molecular flexibility index (Phi) is 5.10. The number of nitrogens with one attached hydrogen (secondary N) is 2. The second-order valence-electron chi connectivity index (χ2n) is 5.60. The Bertz CT molecular complexity index is 975. The van der Waals surface area contributed by atoms with E-state index in [2.05, 4.69) is 25.6 Å². The second-order valence-corrected chi connectivity index (χ2v) is 7.18. The maximum atomic E-state index is 12.4. The molecule has 3 heterocycles. The molecule has 0 aromatic carbocycles. The van der Waals surface area contributed by atoms with E-state index in [1.54, 1.807) is 12.3 Å². The molecule has 0 radical (unpaired) electrons. The Morgan fingerprint density at radius 3 is 2.69 bits per heavy atom. The lowest BCUT2D eigenvalue weighted by Crippen LogP contribution is -2.22. The molecule has 0 aliphatic rings. The maximum Gasteiger partial charge on any atom is 0.323 e. The highest BCUT2D eigenvalue weighted by molar-refractivity contribution is 7.18. The van der Waals surface area contributed by atoms with Gasteiger partial charge < -0.3 is 20.3 Å². The molecular weight excluding hydrogens is 376 g/mol. The maximum absolute atomic E-state index is 12.4. The number of thiazole rings is 1. The molecule has 0 fully saturated rings. The summed E-state index contributed by atoms with van der Waals surface area (Å²) in [6, 6.07) is 1.12. The highest BCUT2D eigenvalue weighted by Crippen LogP contribution is 2.34. The molecular formula is C16H17ClN6O2S. The minimum atomic E-state index is -0.441. The zero-order chi connectivity index (χ0) is 18.8. The second kappa shape index (κ2) is 7.30. The Labute approximate surface area is 159 Å². The van der Waals surface area contributed by atoms with Crippen molar-refractivity contribution in [2.75, 3.05) is 36.7 Å². The Hall–Kier alpha value is -2.65. The summed E-state index contributed by atoms with van der Waals surface area (Å²) in [4.78, 5) is 28.0. The van der Waals surface area contributed by atoms with E-state index in [9.17, 15) is 4.79 Å². The number of hydrogen-bond donors (Lipinski definition) is 2. The average molecular weight is 393 g/mol. The molecule has 0 aliphatic carbocycles. The van der Waals surface area contributed by atoms with Crippen LogP contribution in [0, 0.1) is 6.92 Å². The van der Waals surface area contributed by atoms with Gasteiger partial charge in [0.25, 0.3) is 0 Å². The summed E-state index contributed by atoms with van der Waals surface area (Å²) in [5, 5.41) is 6.70. The van der Waals surface area contributed by atoms with E-state index in [-0.39, 0.29) is 0 Å². The molecule has 0 unspecified atom stereocenters. The first-order valence-electron chi connectivity index (χ1n) is 7.60. The van der Waals surface area contributed by atoms with Crippen molar-refractivity contribution in [1.29, 1.82) is 0 Å². The highest BCUT2D eigenvalue weighted by atomic mass is 35.5. The van der Waals surface area contributed by atoms with Crippen LogP contribution in [0.2, 0.25) is 5.02 Å². The van der Waals surface area contributed by atoms with Gasteiger partial charge in [0, 0.05) is 14.1 Å². The molecule has 8 nitrogen and oxygen atoms in total. The summed E-state index contributed by atoms with van der Waals surface area (Å²) in [6.45, 7) is 1.92. The van der Waals surface area contributed by atoms with Gasteiger partial charge in [0.2, 0.25) is 5.88 Å². The van der Waals surface area contributed by atoms with Gasteiger partial charge in [-0.3, -0.25) is 0 Å². The number of aryl methyl sites for hydroxylation is 1. The van der Waals surface area contributed by atoms with Crippen LogP contribution in [0.4, 0.5) is 21.9 Å². The lowest BCUT2D eigenvalue weighted by atomic mass is 10.3. The van der Waals surface area contributed by atoms with Gasteiger partial charge in [-0.05, 0) is 13.0 Å². The Morgan fingerprint density at radius 1 is 1.27 bits per heavy atom. The highest BCUT2D eigenvalue weighted by Gasteiger charge is 2.16. The normalized spacial score (nSPS) is 10.7. The largest absolute Gasteiger partial charge is 0.480 e.